The summed E-state index contributed by atoms with van der Waals surface area (Å²) in [4.78, 5) is 2.33. The Morgan fingerprint density at radius 2 is 0.636 bits per heavy atom. The van der Waals surface area contributed by atoms with Gasteiger partial charge in [-0.2, -0.15) is 0 Å². The van der Waals surface area contributed by atoms with Gasteiger partial charge in [-0.1, -0.05) is 158 Å². The molecule has 11 aromatic carbocycles. The van der Waals surface area contributed by atoms with Crippen LogP contribution in [-0.4, -0.2) is 0 Å². The fourth-order valence-corrected chi connectivity index (χ4v) is 10.4. The van der Waals surface area contributed by atoms with E-state index in [4.69, 9.17) is 13.3 Å². The van der Waals surface area contributed by atoms with E-state index in [2.05, 4.69) is 217 Å². The van der Waals surface area contributed by atoms with Crippen LogP contribution >= 0.6 is 0 Å². The number of nitrogens with zero attached hydrogens (tertiary/aromatic N) is 1. The van der Waals surface area contributed by atoms with Gasteiger partial charge in [0, 0.05) is 65.7 Å². The first kappa shape index (κ1) is 36.6. The average Bonchev–Trinajstić information content (AvgIpc) is 4.09. The second-order valence-corrected chi connectivity index (χ2v) is 17.1. The monoisotopic (exact) mass is 843 g/mol. The van der Waals surface area contributed by atoms with E-state index >= 15 is 0 Å². The molecule has 0 amide bonds. The predicted molar refractivity (Wildman–Crippen MR) is 274 cm³/mol. The lowest BCUT2D eigenvalue weighted by molar-refractivity contribution is 0.670. The van der Waals surface area contributed by atoms with Gasteiger partial charge in [0.15, 0.2) is 0 Å². The maximum absolute atomic E-state index is 6.57. The molecule has 3 aromatic heterocycles. The molecule has 0 radical (unpaired) electrons. The molecule has 0 unspecified atom stereocenters. The number of anilines is 3. The van der Waals surface area contributed by atoms with Crippen molar-refractivity contribution in [3.63, 3.8) is 0 Å². The molecule has 0 bridgehead atoms. The molecule has 0 N–H and O–H groups in total. The summed E-state index contributed by atoms with van der Waals surface area (Å²) >= 11 is 0. The highest BCUT2D eigenvalue weighted by Crippen LogP contribution is 2.44. The summed E-state index contributed by atoms with van der Waals surface area (Å²) in [5.74, 6) is 0. The number of hydrogen-bond acceptors (Lipinski definition) is 4. The summed E-state index contributed by atoms with van der Waals surface area (Å²) in [6.07, 6.45) is 0. The number of para-hydroxylation sites is 2. The van der Waals surface area contributed by atoms with Crippen molar-refractivity contribution in [1.29, 1.82) is 0 Å². The zero-order chi connectivity index (χ0) is 43.3. The smallest absolute Gasteiger partial charge is 0.143 e. The molecule has 66 heavy (non-hydrogen) atoms. The van der Waals surface area contributed by atoms with Crippen molar-refractivity contribution in [1.82, 2.24) is 0 Å². The van der Waals surface area contributed by atoms with Gasteiger partial charge in [0.2, 0.25) is 0 Å². The van der Waals surface area contributed by atoms with Gasteiger partial charge >= 0.3 is 0 Å². The van der Waals surface area contributed by atoms with Crippen LogP contribution in [0.5, 0.6) is 0 Å². The Morgan fingerprint density at radius 3 is 1.17 bits per heavy atom. The highest BCUT2D eigenvalue weighted by molar-refractivity contribution is 6.20. The first-order valence-electron chi connectivity index (χ1n) is 22.4. The normalized spacial score (nSPS) is 11.9. The molecule has 0 saturated carbocycles. The summed E-state index contributed by atoms with van der Waals surface area (Å²) in [6, 6.07) is 79.7. The molecule has 0 aliphatic rings. The number of benzene rings is 11. The molecular formula is C62H37NO3. The molecule has 308 valence electrons. The minimum atomic E-state index is 0.885. The van der Waals surface area contributed by atoms with E-state index in [0.717, 1.165) is 127 Å². The second-order valence-electron chi connectivity index (χ2n) is 17.1. The van der Waals surface area contributed by atoms with Crippen LogP contribution in [0.2, 0.25) is 0 Å². The number of fused-ring (bicyclic) bond motifs is 13. The van der Waals surface area contributed by atoms with Crippen molar-refractivity contribution in [3.05, 3.63) is 224 Å². The molecule has 0 fully saturated rings. The van der Waals surface area contributed by atoms with Crippen molar-refractivity contribution in [3.8, 4) is 33.4 Å². The minimum Gasteiger partial charge on any atom is -0.455 e. The van der Waals surface area contributed by atoms with Gasteiger partial charge in [-0.25, -0.2) is 0 Å². The Morgan fingerprint density at radius 1 is 0.242 bits per heavy atom. The third-order valence-corrected chi connectivity index (χ3v) is 13.5. The van der Waals surface area contributed by atoms with Gasteiger partial charge in [-0.3, -0.25) is 0 Å². The van der Waals surface area contributed by atoms with Crippen molar-refractivity contribution in [2.75, 3.05) is 4.90 Å². The van der Waals surface area contributed by atoms with E-state index in [1.807, 2.05) is 12.1 Å². The molecule has 14 rings (SSSR count). The summed E-state index contributed by atoms with van der Waals surface area (Å²) in [7, 11) is 0. The molecule has 0 aliphatic carbocycles. The maximum atomic E-state index is 6.57. The van der Waals surface area contributed by atoms with Crippen molar-refractivity contribution >= 4 is 104 Å². The first-order valence-corrected chi connectivity index (χ1v) is 22.4. The number of furan rings is 3. The quantitative estimate of drug-likeness (QED) is 0.167. The van der Waals surface area contributed by atoms with E-state index < -0.39 is 0 Å². The van der Waals surface area contributed by atoms with Crippen LogP contribution in [0.25, 0.3) is 121 Å². The zero-order valence-corrected chi connectivity index (χ0v) is 35.5. The molecule has 0 atom stereocenters. The lowest BCUT2D eigenvalue weighted by Gasteiger charge is -2.26. The fraction of sp³-hybridized carbons (Fsp3) is 0. The Kier molecular flexibility index (Phi) is 7.95. The van der Waals surface area contributed by atoms with Crippen LogP contribution in [-0.2, 0) is 0 Å². The van der Waals surface area contributed by atoms with Crippen molar-refractivity contribution < 1.29 is 13.3 Å². The van der Waals surface area contributed by atoms with E-state index in [1.165, 1.54) is 10.8 Å². The summed E-state index contributed by atoms with van der Waals surface area (Å²) < 4.78 is 19.6. The van der Waals surface area contributed by atoms with E-state index in [1.54, 1.807) is 0 Å². The van der Waals surface area contributed by atoms with Crippen LogP contribution < -0.4 is 4.90 Å². The summed E-state index contributed by atoms with van der Waals surface area (Å²) in [5.41, 5.74) is 15.2. The Hall–Kier alpha value is -8.86. The van der Waals surface area contributed by atoms with Gasteiger partial charge in [0.1, 0.15) is 33.5 Å². The minimum absolute atomic E-state index is 0.885. The van der Waals surface area contributed by atoms with E-state index in [9.17, 15) is 0 Å². The van der Waals surface area contributed by atoms with Crippen LogP contribution in [0.15, 0.2) is 238 Å². The highest BCUT2D eigenvalue weighted by atomic mass is 16.3. The third-order valence-electron chi connectivity index (χ3n) is 13.5. The second kappa shape index (κ2) is 14.3. The van der Waals surface area contributed by atoms with Gasteiger partial charge in [-0.15, -0.1) is 0 Å². The lowest BCUT2D eigenvalue weighted by atomic mass is 9.97. The lowest BCUT2D eigenvalue weighted by Crippen LogP contribution is -2.09. The predicted octanol–water partition coefficient (Wildman–Crippen LogP) is 18.2. The number of rotatable bonds is 6. The Labute approximate surface area is 378 Å². The van der Waals surface area contributed by atoms with Gasteiger partial charge < -0.3 is 18.2 Å². The summed E-state index contributed by atoms with van der Waals surface area (Å²) in [6.45, 7) is 0. The van der Waals surface area contributed by atoms with E-state index in [0.29, 0.717) is 0 Å². The van der Waals surface area contributed by atoms with Crippen molar-refractivity contribution in [2.45, 2.75) is 0 Å². The molecule has 0 aliphatic heterocycles. The SMILES string of the molecule is c1ccc2c(c1)ccc1c2oc2cccc(-c3ccc(N(c4ccc(-c5cccc6c5oc5ccccc56)cc4)c4ccc(-c5cccc6oc7c8ccccc8ccc7c56)cc4)cc3)c21. The van der Waals surface area contributed by atoms with Gasteiger partial charge in [0.05, 0.1) is 0 Å². The standard InChI is InChI=1S/C62H37NO3/c1-3-12-48-38(10-1)28-36-53-58-46(15-8-20-56(58)65-61(48)53)40-22-30-43(31-23-40)63(45-34-26-42(27-35-45)50-17-7-18-52-51-14-5-6-19-55(51)64-60(50)52)44-32-24-41(25-33-44)47-16-9-21-57-59(47)54-37-29-39-11-2-4-13-49(39)62(54)66-57/h1-37H. The first-order chi connectivity index (χ1) is 32.7. The zero-order valence-electron chi connectivity index (χ0n) is 35.5. The van der Waals surface area contributed by atoms with E-state index in [-0.39, 0.29) is 0 Å². The van der Waals surface area contributed by atoms with Crippen LogP contribution in [0, 0.1) is 0 Å². The topological polar surface area (TPSA) is 42.7 Å². The molecule has 4 nitrogen and oxygen atoms in total. The van der Waals surface area contributed by atoms with Gasteiger partial charge in [0.25, 0.3) is 0 Å². The van der Waals surface area contributed by atoms with Crippen molar-refractivity contribution in [2.24, 2.45) is 0 Å². The molecule has 4 heteroatoms. The Balaban J connectivity index is 0.885. The fourth-order valence-electron chi connectivity index (χ4n) is 10.4. The summed E-state index contributed by atoms with van der Waals surface area (Å²) in [5, 5.41) is 11.3. The molecule has 0 saturated heterocycles. The third kappa shape index (κ3) is 5.58. The van der Waals surface area contributed by atoms with Crippen LogP contribution in [0.1, 0.15) is 0 Å². The molecule has 14 aromatic rings. The molecule has 0 spiro atoms. The van der Waals surface area contributed by atoms with Crippen LogP contribution in [0.3, 0.4) is 0 Å². The Bertz CT molecular complexity index is 4010. The van der Waals surface area contributed by atoms with Gasteiger partial charge in [-0.05, 0) is 105 Å². The van der Waals surface area contributed by atoms with Crippen LogP contribution in [0.4, 0.5) is 17.1 Å². The molecule has 3 heterocycles. The molecular weight excluding hydrogens is 807 g/mol. The average molecular weight is 844 g/mol. The highest BCUT2D eigenvalue weighted by Gasteiger charge is 2.20. The number of hydrogen-bond donors (Lipinski definition) is 0. The largest absolute Gasteiger partial charge is 0.455 e. The maximum Gasteiger partial charge on any atom is 0.143 e.